The fourth-order valence-electron chi connectivity index (χ4n) is 2.55. The van der Waals surface area contributed by atoms with Crippen molar-refractivity contribution in [3.63, 3.8) is 0 Å². The van der Waals surface area contributed by atoms with Crippen LogP contribution in [0.2, 0.25) is 5.02 Å². The number of halogens is 1. The Morgan fingerprint density at radius 3 is 2.81 bits per heavy atom. The van der Waals surface area contributed by atoms with Crippen molar-refractivity contribution in [2.75, 3.05) is 12.8 Å². The lowest BCUT2D eigenvalue weighted by molar-refractivity contribution is 0.414. The Bertz CT molecular complexity index is 1070. The minimum Gasteiger partial charge on any atom is -0.497 e. The van der Waals surface area contributed by atoms with Gasteiger partial charge in [0.2, 0.25) is 0 Å². The standard InChI is InChI=1S/C18H14ClN5OS/c1-25-12-6-4-5-11(9-12)24-17(20)16(22-23-24)18-21-15(10-26-18)13-7-2-3-8-14(13)19/h2-10H,20H2,1H3. The quantitative estimate of drug-likeness (QED) is 0.568. The first-order chi connectivity index (χ1) is 12.7. The van der Waals surface area contributed by atoms with Crippen LogP contribution in [0.15, 0.2) is 53.9 Å². The highest BCUT2D eigenvalue weighted by Gasteiger charge is 2.17. The number of thiazole rings is 1. The molecule has 4 aromatic rings. The molecule has 0 fully saturated rings. The molecule has 0 bridgehead atoms. The third kappa shape index (κ3) is 2.91. The summed E-state index contributed by atoms with van der Waals surface area (Å²) in [5.41, 5.74) is 9.23. The van der Waals surface area contributed by atoms with Gasteiger partial charge in [-0.3, -0.25) is 0 Å². The number of methoxy groups -OCH3 is 1. The number of hydrogen-bond acceptors (Lipinski definition) is 6. The molecule has 0 saturated heterocycles. The zero-order valence-electron chi connectivity index (χ0n) is 13.8. The molecule has 0 atom stereocenters. The molecule has 6 nitrogen and oxygen atoms in total. The molecular weight excluding hydrogens is 370 g/mol. The maximum atomic E-state index is 6.27. The van der Waals surface area contributed by atoms with E-state index >= 15 is 0 Å². The molecule has 0 aliphatic carbocycles. The van der Waals surface area contributed by atoms with Crippen molar-refractivity contribution in [1.29, 1.82) is 0 Å². The zero-order valence-corrected chi connectivity index (χ0v) is 15.3. The average molecular weight is 384 g/mol. The van der Waals surface area contributed by atoms with Gasteiger partial charge in [-0.15, -0.1) is 16.4 Å². The summed E-state index contributed by atoms with van der Waals surface area (Å²) >= 11 is 7.70. The van der Waals surface area contributed by atoms with Crippen LogP contribution in [0.25, 0.3) is 27.6 Å². The highest BCUT2D eigenvalue weighted by Crippen LogP contribution is 2.34. The summed E-state index contributed by atoms with van der Waals surface area (Å²) in [6.45, 7) is 0. The predicted octanol–water partition coefficient (Wildman–Crippen LogP) is 4.30. The van der Waals surface area contributed by atoms with Crippen molar-refractivity contribution >= 4 is 28.8 Å². The van der Waals surface area contributed by atoms with Crippen LogP contribution >= 0.6 is 22.9 Å². The van der Waals surface area contributed by atoms with E-state index in [2.05, 4.69) is 15.3 Å². The van der Waals surface area contributed by atoms with E-state index in [9.17, 15) is 0 Å². The number of anilines is 1. The van der Waals surface area contributed by atoms with Crippen molar-refractivity contribution in [2.24, 2.45) is 0 Å². The number of nitrogen functional groups attached to an aromatic ring is 1. The lowest BCUT2D eigenvalue weighted by Crippen LogP contribution is -2.02. The second-order valence-electron chi connectivity index (χ2n) is 5.45. The van der Waals surface area contributed by atoms with Crippen molar-refractivity contribution in [3.05, 3.63) is 58.9 Å². The molecule has 0 aliphatic heterocycles. The minimum atomic E-state index is 0.415. The van der Waals surface area contributed by atoms with Gasteiger partial charge in [0.1, 0.15) is 10.8 Å². The number of nitrogens with two attached hydrogens (primary N) is 1. The molecule has 0 amide bonds. The Labute approximate surface area is 158 Å². The van der Waals surface area contributed by atoms with Gasteiger partial charge < -0.3 is 10.5 Å². The van der Waals surface area contributed by atoms with Gasteiger partial charge in [-0.2, -0.15) is 4.68 Å². The molecule has 0 saturated carbocycles. The van der Waals surface area contributed by atoms with Crippen LogP contribution in [0.3, 0.4) is 0 Å². The fraction of sp³-hybridized carbons (Fsp3) is 0.0556. The molecule has 2 aromatic heterocycles. The molecule has 0 spiro atoms. The maximum absolute atomic E-state index is 6.27. The van der Waals surface area contributed by atoms with E-state index < -0.39 is 0 Å². The number of benzene rings is 2. The van der Waals surface area contributed by atoms with E-state index in [0.29, 0.717) is 27.3 Å². The van der Waals surface area contributed by atoms with Gasteiger partial charge in [0, 0.05) is 22.0 Å². The van der Waals surface area contributed by atoms with Crippen LogP contribution in [0.4, 0.5) is 5.82 Å². The summed E-state index contributed by atoms with van der Waals surface area (Å²) in [5, 5.41) is 11.6. The summed E-state index contributed by atoms with van der Waals surface area (Å²) < 4.78 is 6.81. The van der Waals surface area contributed by atoms with Crippen molar-refractivity contribution in [3.8, 4) is 33.4 Å². The average Bonchev–Trinajstić information content (AvgIpc) is 3.29. The summed E-state index contributed by atoms with van der Waals surface area (Å²) in [4.78, 5) is 4.63. The first kappa shape index (κ1) is 16.6. The third-order valence-electron chi connectivity index (χ3n) is 3.86. The second kappa shape index (κ2) is 6.78. The highest BCUT2D eigenvalue weighted by molar-refractivity contribution is 7.13. The van der Waals surface area contributed by atoms with Crippen LogP contribution in [0.1, 0.15) is 0 Å². The van der Waals surface area contributed by atoms with E-state index in [1.807, 2.05) is 53.9 Å². The first-order valence-corrected chi connectivity index (χ1v) is 8.99. The van der Waals surface area contributed by atoms with Crippen LogP contribution in [0, 0.1) is 0 Å². The molecule has 2 N–H and O–H groups in total. The van der Waals surface area contributed by atoms with E-state index in [4.69, 9.17) is 22.1 Å². The lowest BCUT2D eigenvalue weighted by atomic mass is 10.2. The fourth-order valence-corrected chi connectivity index (χ4v) is 3.59. The molecule has 0 radical (unpaired) electrons. The third-order valence-corrected chi connectivity index (χ3v) is 5.04. The van der Waals surface area contributed by atoms with Crippen LogP contribution < -0.4 is 10.5 Å². The number of rotatable bonds is 4. The van der Waals surface area contributed by atoms with Crippen LogP contribution in [0.5, 0.6) is 5.75 Å². The number of aromatic nitrogens is 4. The summed E-state index contributed by atoms with van der Waals surface area (Å²) in [7, 11) is 1.61. The van der Waals surface area contributed by atoms with Gasteiger partial charge >= 0.3 is 0 Å². The maximum Gasteiger partial charge on any atom is 0.165 e. The first-order valence-electron chi connectivity index (χ1n) is 7.74. The zero-order chi connectivity index (χ0) is 18.1. The predicted molar refractivity (Wildman–Crippen MR) is 104 cm³/mol. The summed E-state index contributed by atoms with van der Waals surface area (Å²) in [6, 6.07) is 15.0. The lowest BCUT2D eigenvalue weighted by Gasteiger charge is -2.05. The normalized spacial score (nSPS) is 10.8. The summed E-state index contributed by atoms with van der Waals surface area (Å²) in [5.74, 6) is 1.13. The second-order valence-corrected chi connectivity index (χ2v) is 6.72. The minimum absolute atomic E-state index is 0.415. The molecule has 8 heteroatoms. The summed E-state index contributed by atoms with van der Waals surface area (Å²) in [6.07, 6.45) is 0. The Kier molecular flexibility index (Phi) is 4.32. The Balaban J connectivity index is 1.72. The molecule has 2 aromatic carbocycles. The smallest absolute Gasteiger partial charge is 0.165 e. The SMILES string of the molecule is COc1cccc(-n2nnc(-c3nc(-c4ccccc4Cl)cs3)c2N)c1. The molecule has 26 heavy (non-hydrogen) atoms. The monoisotopic (exact) mass is 383 g/mol. The number of hydrogen-bond donors (Lipinski definition) is 1. The van der Waals surface area contributed by atoms with E-state index in [0.717, 1.165) is 16.9 Å². The Morgan fingerprint density at radius 2 is 2.00 bits per heavy atom. The Morgan fingerprint density at radius 1 is 1.15 bits per heavy atom. The molecular formula is C18H14ClN5OS. The number of nitrogens with zero attached hydrogens (tertiary/aromatic N) is 4. The molecule has 130 valence electrons. The van der Waals surface area contributed by atoms with Crippen LogP contribution in [-0.4, -0.2) is 27.1 Å². The Hall–Kier alpha value is -2.90. The van der Waals surface area contributed by atoms with E-state index in [1.165, 1.54) is 11.3 Å². The van der Waals surface area contributed by atoms with Crippen molar-refractivity contribution in [1.82, 2.24) is 20.0 Å². The number of ether oxygens (including phenoxy) is 1. The van der Waals surface area contributed by atoms with E-state index in [1.54, 1.807) is 11.8 Å². The molecule has 0 unspecified atom stereocenters. The highest BCUT2D eigenvalue weighted by atomic mass is 35.5. The van der Waals surface area contributed by atoms with Gasteiger partial charge in [0.05, 0.1) is 18.5 Å². The van der Waals surface area contributed by atoms with Crippen molar-refractivity contribution in [2.45, 2.75) is 0 Å². The van der Waals surface area contributed by atoms with Crippen molar-refractivity contribution < 1.29 is 4.74 Å². The van der Waals surface area contributed by atoms with Gasteiger partial charge in [0.15, 0.2) is 11.5 Å². The van der Waals surface area contributed by atoms with Gasteiger partial charge in [0.25, 0.3) is 0 Å². The molecule has 2 heterocycles. The molecule has 4 rings (SSSR count). The van der Waals surface area contributed by atoms with Crippen LogP contribution in [-0.2, 0) is 0 Å². The largest absolute Gasteiger partial charge is 0.497 e. The van der Waals surface area contributed by atoms with Gasteiger partial charge in [-0.1, -0.05) is 41.1 Å². The topological polar surface area (TPSA) is 78.8 Å². The van der Waals surface area contributed by atoms with E-state index in [-0.39, 0.29) is 0 Å². The molecule has 0 aliphatic rings. The van der Waals surface area contributed by atoms with Gasteiger partial charge in [-0.25, -0.2) is 4.98 Å². The van der Waals surface area contributed by atoms with Gasteiger partial charge in [-0.05, 0) is 18.2 Å².